The first-order chi connectivity index (χ1) is 5.15. The van der Waals surface area contributed by atoms with Gasteiger partial charge in [-0.1, -0.05) is 13.8 Å². The fraction of sp³-hybridized carbons (Fsp3) is 0.667. The van der Waals surface area contributed by atoms with Gasteiger partial charge in [0.15, 0.2) is 0 Å². The smallest absolute Gasteiger partial charge is 0.105 e. The summed E-state index contributed by atoms with van der Waals surface area (Å²) in [6.07, 6.45) is 1.75. The van der Waals surface area contributed by atoms with Crippen LogP contribution in [0.15, 0.2) is 11.4 Å². The minimum atomic E-state index is 0.137. The highest BCUT2D eigenvalue weighted by Crippen LogP contribution is 2.31. The molecule has 0 saturated carbocycles. The molecule has 0 aromatic carbocycles. The average Bonchev–Trinajstić information content (AvgIpc) is 1.96. The maximum Gasteiger partial charge on any atom is 0.105 e. The van der Waals surface area contributed by atoms with Crippen molar-refractivity contribution in [2.75, 3.05) is 0 Å². The van der Waals surface area contributed by atoms with E-state index in [1.54, 1.807) is 0 Å². The van der Waals surface area contributed by atoms with Gasteiger partial charge in [-0.05, 0) is 22.4 Å². The van der Waals surface area contributed by atoms with Crippen LogP contribution in [-0.4, -0.2) is 7.43 Å². The first-order valence-electron chi connectivity index (χ1n) is 4.00. The zero-order valence-corrected chi connectivity index (χ0v) is 9.40. The maximum absolute atomic E-state index is 13.1. The van der Waals surface area contributed by atoms with Crippen LogP contribution in [0.4, 0.5) is 4.39 Å². The lowest BCUT2D eigenvalue weighted by molar-refractivity contribution is 0.584. The van der Waals surface area contributed by atoms with Crippen molar-refractivity contribution in [1.82, 2.24) is 0 Å². The lowest BCUT2D eigenvalue weighted by Crippen LogP contribution is -2.07. The van der Waals surface area contributed by atoms with Gasteiger partial charge in [0.2, 0.25) is 0 Å². The largest absolute Gasteiger partial charge is 0.211 e. The molecule has 0 aromatic rings. The van der Waals surface area contributed by atoms with E-state index in [-0.39, 0.29) is 26.6 Å². The van der Waals surface area contributed by atoms with Crippen molar-refractivity contribution in [2.45, 2.75) is 37.5 Å². The summed E-state index contributed by atoms with van der Waals surface area (Å²) in [5.74, 6) is 0.139. The fourth-order valence-corrected chi connectivity index (χ4v) is 4.33. The Hall–Kier alpha value is 0.270. The molecule has 1 rings (SSSR count). The van der Waals surface area contributed by atoms with E-state index in [0.29, 0.717) is 10.3 Å². The summed E-state index contributed by atoms with van der Waals surface area (Å²) in [6, 6.07) is 0. The molecule has 0 fully saturated rings. The number of hydrogen-bond donors (Lipinski definition) is 0. The molecule has 0 saturated heterocycles. The van der Waals surface area contributed by atoms with Crippen LogP contribution in [0.3, 0.4) is 0 Å². The highest BCUT2D eigenvalue weighted by Gasteiger charge is 2.15. The van der Waals surface area contributed by atoms with Crippen LogP contribution < -0.4 is 0 Å². The van der Waals surface area contributed by atoms with Gasteiger partial charge < -0.3 is 0 Å². The number of allylic oxidation sites excluding steroid dienone is 2. The van der Waals surface area contributed by atoms with Gasteiger partial charge in [0.05, 0.1) is 0 Å². The Morgan fingerprint density at radius 3 is 2.82 bits per heavy atom. The second-order valence-corrected chi connectivity index (χ2v) is 6.93. The summed E-state index contributed by atoms with van der Waals surface area (Å²) in [6.45, 7) is 6.22. The van der Waals surface area contributed by atoms with E-state index in [0.717, 1.165) is 12.0 Å². The lowest BCUT2D eigenvalue weighted by Gasteiger charge is -2.16. The topological polar surface area (TPSA) is 0 Å². The third-order valence-corrected chi connectivity index (χ3v) is 5.73. The van der Waals surface area contributed by atoms with E-state index in [1.807, 2.05) is 6.92 Å². The van der Waals surface area contributed by atoms with Gasteiger partial charge in [-0.15, -0.1) is 20.7 Å². The van der Waals surface area contributed by atoms with E-state index < -0.39 is 0 Å². The Labute approximate surface area is 77.6 Å². The Bertz CT molecular complexity index is 216. The molecule has 11 heavy (non-hydrogen) atoms. The second-order valence-electron chi connectivity index (χ2n) is 2.88. The molecule has 0 spiro atoms. The summed E-state index contributed by atoms with van der Waals surface area (Å²) in [4.78, 5) is 0. The van der Waals surface area contributed by atoms with Gasteiger partial charge in [-0.3, -0.25) is 0 Å². The second kappa shape index (κ2) is 3.78. The number of halogens is 2. The maximum atomic E-state index is 13.1. The van der Waals surface area contributed by atoms with E-state index in [1.165, 1.54) is 3.51 Å². The van der Waals surface area contributed by atoms with Crippen LogP contribution in [0.5, 0.6) is 0 Å². The van der Waals surface area contributed by atoms with E-state index in [2.05, 4.69) is 13.8 Å². The number of hydrogen-bond acceptors (Lipinski definition) is 0. The summed E-state index contributed by atoms with van der Waals surface area (Å²) < 4.78 is 15.2. The van der Waals surface area contributed by atoms with E-state index >= 15 is 0 Å². The summed E-state index contributed by atoms with van der Waals surface area (Å²) >= 11 is 0.137. The van der Waals surface area contributed by atoms with Crippen molar-refractivity contribution in [3.63, 3.8) is 0 Å². The van der Waals surface area contributed by atoms with Crippen molar-refractivity contribution < 1.29 is 4.39 Å². The van der Waals surface area contributed by atoms with Crippen molar-refractivity contribution in [1.29, 1.82) is 0 Å². The van der Waals surface area contributed by atoms with Gasteiger partial charge in [0.1, 0.15) is 5.83 Å². The molecule has 0 radical (unpaired) electrons. The molecule has 0 N–H and O–H groups in total. The van der Waals surface area contributed by atoms with E-state index in [9.17, 15) is 4.39 Å². The van der Waals surface area contributed by atoms with Crippen LogP contribution in [-0.2, 0) is 0 Å². The molecular weight excluding hydrogens is 254 g/mol. The molecule has 0 bridgehead atoms. The standard InChI is InChI=1S/C9H14FI/c1-4-9-7(3)8(10)5-6(2)11-9/h6H,4-5H2,1-3H3/t6-/m1/s1. The molecular formula is C9H14FI. The Balaban J connectivity index is 2.90. The molecule has 0 nitrogen and oxygen atoms in total. The molecule has 1 heterocycles. The molecule has 2 heteroatoms. The molecule has 0 amide bonds. The van der Waals surface area contributed by atoms with Gasteiger partial charge in [-0.2, -0.15) is 0 Å². The molecule has 64 valence electrons. The predicted octanol–water partition coefficient (Wildman–Crippen LogP) is 3.58. The molecule has 1 atom stereocenters. The van der Waals surface area contributed by atoms with Crippen molar-refractivity contribution >= 4 is 24.2 Å². The van der Waals surface area contributed by atoms with Gasteiger partial charge in [-0.25, -0.2) is 4.39 Å². The lowest BCUT2D eigenvalue weighted by atomic mass is 10.1. The van der Waals surface area contributed by atoms with Crippen molar-refractivity contribution in [3.05, 3.63) is 11.4 Å². The molecule has 0 aromatic heterocycles. The zero-order chi connectivity index (χ0) is 8.43. The van der Waals surface area contributed by atoms with Crippen molar-refractivity contribution in [2.24, 2.45) is 0 Å². The van der Waals surface area contributed by atoms with Crippen LogP contribution in [0.25, 0.3) is 0 Å². The molecule has 0 unspecified atom stereocenters. The third kappa shape index (κ3) is 2.10. The molecule has 0 aliphatic carbocycles. The third-order valence-electron chi connectivity index (χ3n) is 1.90. The Morgan fingerprint density at radius 1 is 1.64 bits per heavy atom. The van der Waals surface area contributed by atoms with Crippen LogP contribution in [0.2, 0.25) is 0 Å². The van der Waals surface area contributed by atoms with Gasteiger partial charge in [0.25, 0.3) is 0 Å². The van der Waals surface area contributed by atoms with Crippen LogP contribution >= 0.6 is 20.7 Å². The number of rotatable bonds is 1. The van der Waals surface area contributed by atoms with Crippen molar-refractivity contribution in [3.8, 4) is 0 Å². The highest BCUT2D eigenvalue weighted by atomic mass is 127. The Morgan fingerprint density at radius 2 is 2.27 bits per heavy atom. The van der Waals surface area contributed by atoms with E-state index in [4.69, 9.17) is 0 Å². The summed E-state index contributed by atoms with van der Waals surface area (Å²) in [5, 5.41) is 0. The minimum Gasteiger partial charge on any atom is -0.211 e. The zero-order valence-electron chi connectivity index (χ0n) is 7.25. The number of alkyl halides is 1. The van der Waals surface area contributed by atoms with Gasteiger partial charge >= 0.3 is 0 Å². The first kappa shape index (κ1) is 9.36. The Kier molecular flexibility index (Phi) is 3.22. The minimum absolute atomic E-state index is 0.137. The summed E-state index contributed by atoms with van der Waals surface area (Å²) in [5.41, 5.74) is 0.971. The quantitative estimate of drug-likeness (QED) is 0.503. The first-order valence-corrected chi connectivity index (χ1v) is 6.32. The average molecular weight is 268 g/mol. The molecule has 1 aliphatic heterocycles. The normalized spacial score (nSPS) is 26.2. The predicted molar refractivity (Wildman–Crippen MR) is 57.2 cm³/mol. The van der Waals surface area contributed by atoms with Crippen LogP contribution in [0.1, 0.15) is 33.6 Å². The SMILES string of the molecule is CCC1=I[C@H](C)CC(F)=C1C. The van der Waals surface area contributed by atoms with Gasteiger partial charge in [0, 0.05) is 10.3 Å². The monoisotopic (exact) mass is 268 g/mol. The highest BCUT2D eigenvalue weighted by molar-refractivity contribution is 14.2. The fourth-order valence-electron chi connectivity index (χ4n) is 1.23. The van der Waals surface area contributed by atoms with Crippen LogP contribution in [0, 0.1) is 0 Å². The summed E-state index contributed by atoms with van der Waals surface area (Å²) in [7, 11) is 0. The molecule has 1 aliphatic rings.